The number of hydrogen-bond acceptors (Lipinski definition) is 3. The lowest BCUT2D eigenvalue weighted by Crippen LogP contribution is -2.50. The number of benzene rings is 1. The van der Waals surface area contributed by atoms with Gasteiger partial charge in [-0.05, 0) is 35.3 Å². The Balaban J connectivity index is 0.00000392. The smallest absolute Gasteiger partial charge is 0.239 e. The summed E-state index contributed by atoms with van der Waals surface area (Å²) in [6.45, 7) is 11.0. The van der Waals surface area contributed by atoms with Crippen LogP contribution in [0.1, 0.15) is 65.0 Å². The summed E-state index contributed by atoms with van der Waals surface area (Å²) in [6, 6.07) is 8.22. The molecule has 0 unspecified atom stereocenters. The van der Waals surface area contributed by atoms with Crippen LogP contribution in [0.2, 0.25) is 0 Å². The van der Waals surface area contributed by atoms with Gasteiger partial charge in [-0.1, -0.05) is 65.3 Å². The van der Waals surface area contributed by atoms with Gasteiger partial charge in [-0.3, -0.25) is 9.59 Å². The molecular formula is C22H36ClN3O2. The van der Waals surface area contributed by atoms with Gasteiger partial charge in [-0.15, -0.1) is 12.4 Å². The van der Waals surface area contributed by atoms with E-state index in [2.05, 4.69) is 55.7 Å². The molecule has 0 saturated heterocycles. The van der Waals surface area contributed by atoms with E-state index in [-0.39, 0.29) is 47.5 Å². The molecule has 1 fully saturated rings. The molecule has 4 N–H and O–H groups in total. The normalized spacial score (nSPS) is 16.5. The molecule has 1 aromatic rings. The number of nitrogens with one attached hydrogen (secondary N) is 2. The zero-order valence-corrected chi connectivity index (χ0v) is 18.6. The number of hydrogen-bond donors (Lipinski definition) is 3. The molecule has 0 aromatic heterocycles. The molecule has 1 aliphatic carbocycles. The monoisotopic (exact) mass is 409 g/mol. The average molecular weight is 410 g/mol. The second kappa shape index (κ2) is 9.75. The Morgan fingerprint density at radius 3 is 2.11 bits per heavy atom. The number of carbonyl (C=O) groups excluding carboxylic acids is 2. The number of nitrogens with two attached hydrogens (primary N) is 1. The Morgan fingerprint density at radius 1 is 1.11 bits per heavy atom. The average Bonchev–Trinajstić information content (AvgIpc) is 2.57. The molecule has 1 saturated carbocycles. The van der Waals surface area contributed by atoms with Crippen LogP contribution in [0, 0.1) is 5.92 Å². The van der Waals surface area contributed by atoms with Crippen molar-refractivity contribution in [1.82, 2.24) is 10.6 Å². The van der Waals surface area contributed by atoms with Gasteiger partial charge >= 0.3 is 0 Å². The highest BCUT2D eigenvalue weighted by Gasteiger charge is 2.39. The fraction of sp³-hybridized carbons (Fsp3) is 0.636. The predicted octanol–water partition coefficient (Wildman–Crippen LogP) is 3.04. The maximum Gasteiger partial charge on any atom is 0.239 e. The summed E-state index contributed by atoms with van der Waals surface area (Å²) in [5.74, 6) is -0.407. The first kappa shape index (κ1) is 24.4. The zero-order chi connectivity index (χ0) is 20.2. The number of amides is 2. The van der Waals surface area contributed by atoms with E-state index < -0.39 is 6.04 Å². The molecule has 28 heavy (non-hydrogen) atoms. The summed E-state index contributed by atoms with van der Waals surface area (Å²) >= 11 is 0. The molecule has 2 amide bonds. The van der Waals surface area contributed by atoms with Gasteiger partial charge in [0.15, 0.2) is 0 Å². The van der Waals surface area contributed by atoms with Crippen molar-refractivity contribution in [3.8, 4) is 0 Å². The lowest BCUT2D eigenvalue weighted by Gasteiger charge is -2.43. The van der Waals surface area contributed by atoms with Gasteiger partial charge in [0.2, 0.25) is 11.8 Å². The molecule has 158 valence electrons. The van der Waals surface area contributed by atoms with Crippen LogP contribution in [0.3, 0.4) is 0 Å². The summed E-state index contributed by atoms with van der Waals surface area (Å²) in [5.41, 5.74) is 8.55. The van der Waals surface area contributed by atoms with Gasteiger partial charge in [-0.2, -0.15) is 0 Å². The van der Waals surface area contributed by atoms with Crippen LogP contribution in [0.4, 0.5) is 0 Å². The maximum atomic E-state index is 12.2. The molecule has 2 rings (SSSR count). The van der Waals surface area contributed by atoms with Crippen LogP contribution in [-0.2, 0) is 20.4 Å². The summed E-state index contributed by atoms with van der Waals surface area (Å²) < 4.78 is 0. The first-order valence-corrected chi connectivity index (χ1v) is 9.96. The van der Waals surface area contributed by atoms with Gasteiger partial charge in [0, 0.05) is 12.0 Å². The van der Waals surface area contributed by atoms with Crippen LogP contribution >= 0.6 is 12.4 Å². The molecule has 0 bridgehead atoms. The van der Waals surface area contributed by atoms with Gasteiger partial charge in [0.1, 0.15) is 0 Å². The van der Waals surface area contributed by atoms with E-state index in [1.165, 1.54) is 17.5 Å². The minimum Gasteiger partial charge on any atom is -0.354 e. The van der Waals surface area contributed by atoms with Crippen LogP contribution in [-0.4, -0.2) is 30.9 Å². The second-order valence-electron chi connectivity index (χ2n) is 9.23. The fourth-order valence-electron chi connectivity index (χ4n) is 3.41. The zero-order valence-electron chi connectivity index (χ0n) is 17.8. The lowest BCUT2D eigenvalue weighted by atomic mass is 9.64. The first-order valence-electron chi connectivity index (χ1n) is 9.96. The Labute approximate surface area is 175 Å². The molecule has 1 aliphatic rings. The molecule has 0 heterocycles. The van der Waals surface area contributed by atoms with Crippen molar-refractivity contribution in [2.75, 3.05) is 13.1 Å². The molecule has 5 nitrogen and oxygen atoms in total. The number of halogens is 1. The molecule has 0 aliphatic heterocycles. The Hall–Kier alpha value is -1.59. The van der Waals surface area contributed by atoms with Gasteiger partial charge < -0.3 is 16.4 Å². The molecule has 1 atom stereocenters. The molecule has 0 radical (unpaired) electrons. The third-order valence-electron chi connectivity index (χ3n) is 5.74. The number of rotatable bonds is 7. The summed E-state index contributed by atoms with van der Waals surface area (Å²) in [5, 5.41) is 5.62. The highest BCUT2D eigenvalue weighted by atomic mass is 35.5. The Morgan fingerprint density at radius 2 is 1.68 bits per heavy atom. The largest absolute Gasteiger partial charge is 0.354 e. The van der Waals surface area contributed by atoms with Crippen molar-refractivity contribution in [3.63, 3.8) is 0 Å². The van der Waals surface area contributed by atoms with E-state index in [0.717, 1.165) is 12.8 Å². The summed E-state index contributed by atoms with van der Waals surface area (Å²) in [7, 11) is 0. The van der Waals surface area contributed by atoms with Gasteiger partial charge in [0.25, 0.3) is 0 Å². The molecule has 0 spiro atoms. The van der Waals surface area contributed by atoms with Crippen molar-refractivity contribution in [2.24, 2.45) is 11.7 Å². The van der Waals surface area contributed by atoms with Gasteiger partial charge in [-0.25, -0.2) is 0 Å². The highest BCUT2D eigenvalue weighted by Crippen LogP contribution is 2.43. The topological polar surface area (TPSA) is 84.2 Å². The molecular weight excluding hydrogens is 374 g/mol. The number of carbonyl (C=O) groups is 2. The Kier molecular flexibility index (Phi) is 8.51. The van der Waals surface area contributed by atoms with Crippen LogP contribution in [0.15, 0.2) is 24.3 Å². The molecule has 1 aromatic carbocycles. The summed E-state index contributed by atoms with van der Waals surface area (Å²) in [4.78, 5) is 24.1. The van der Waals surface area contributed by atoms with E-state index >= 15 is 0 Å². The minimum atomic E-state index is -0.586. The van der Waals surface area contributed by atoms with E-state index in [0.29, 0.717) is 6.54 Å². The third-order valence-corrected chi connectivity index (χ3v) is 5.74. The van der Waals surface area contributed by atoms with Crippen molar-refractivity contribution in [3.05, 3.63) is 35.4 Å². The van der Waals surface area contributed by atoms with Crippen LogP contribution < -0.4 is 16.4 Å². The van der Waals surface area contributed by atoms with Crippen molar-refractivity contribution in [1.29, 1.82) is 0 Å². The molecule has 6 heteroatoms. The predicted molar refractivity (Wildman–Crippen MR) is 117 cm³/mol. The van der Waals surface area contributed by atoms with E-state index in [9.17, 15) is 9.59 Å². The standard InChI is InChI=1S/C22H35N3O2.ClH/c1-15(2)19(23)20(27)24-13-18(26)25-14-22(11-6-12-22)17-9-7-16(8-10-17)21(3,4)5;/h7-10,15,19H,6,11-14,23H2,1-5H3,(H,24,27)(H,25,26);1H/t19-;/m0./s1. The Bertz CT molecular complexity index is 661. The minimum absolute atomic E-state index is 0. The highest BCUT2D eigenvalue weighted by molar-refractivity contribution is 5.87. The first-order chi connectivity index (χ1) is 12.5. The summed E-state index contributed by atoms with van der Waals surface area (Å²) in [6.07, 6.45) is 3.33. The maximum absolute atomic E-state index is 12.2. The quantitative estimate of drug-likeness (QED) is 0.647. The van der Waals surface area contributed by atoms with Crippen LogP contribution in [0.5, 0.6) is 0 Å². The van der Waals surface area contributed by atoms with E-state index in [4.69, 9.17) is 5.73 Å². The van der Waals surface area contributed by atoms with Crippen LogP contribution in [0.25, 0.3) is 0 Å². The van der Waals surface area contributed by atoms with Gasteiger partial charge in [0.05, 0.1) is 12.6 Å². The van der Waals surface area contributed by atoms with Crippen molar-refractivity contribution in [2.45, 2.75) is 70.8 Å². The lowest BCUT2D eigenvalue weighted by molar-refractivity contribution is -0.127. The van der Waals surface area contributed by atoms with Crippen molar-refractivity contribution < 1.29 is 9.59 Å². The van der Waals surface area contributed by atoms with E-state index in [1.807, 2.05) is 13.8 Å². The van der Waals surface area contributed by atoms with Crippen molar-refractivity contribution >= 4 is 24.2 Å². The SMILES string of the molecule is CC(C)[C@H](N)C(=O)NCC(=O)NCC1(c2ccc(C(C)(C)C)cc2)CCC1.Cl. The van der Waals surface area contributed by atoms with E-state index in [1.54, 1.807) is 0 Å². The second-order valence-corrected chi connectivity index (χ2v) is 9.23. The third kappa shape index (κ3) is 5.95. The fourth-order valence-corrected chi connectivity index (χ4v) is 3.41.